The van der Waals surface area contributed by atoms with Crippen LogP contribution in [0.25, 0.3) is 0 Å². The summed E-state index contributed by atoms with van der Waals surface area (Å²) in [6.45, 7) is 1.74. The van der Waals surface area contributed by atoms with Crippen LogP contribution in [0, 0.1) is 23.7 Å². The first-order valence-corrected chi connectivity index (χ1v) is 10.9. The predicted octanol–water partition coefficient (Wildman–Crippen LogP) is 5.33. The standard InChI is InChI=1S/C24H28F3NO3/c1-2-31-23(30)20(15-19-9-6-10-21(28-19)24(25,26)27)22(29)18-13-11-17(12-14-18)16-7-4-3-5-8-16/h3-7,9-10,16-18,20H,2,8,11-15H2,1H3. The van der Waals surface area contributed by atoms with Gasteiger partial charge in [0.05, 0.1) is 6.61 Å². The van der Waals surface area contributed by atoms with Gasteiger partial charge in [0.1, 0.15) is 11.6 Å². The Kier molecular flexibility index (Phi) is 7.68. The number of esters is 1. The minimum atomic E-state index is -4.58. The molecule has 0 aliphatic heterocycles. The van der Waals surface area contributed by atoms with Crippen molar-refractivity contribution in [2.24, 2.45) is 23.7 Å². The van der Waals surface area contributed by atoms with E-state index in [0.29, 0.717) is 24.7 Å². The van der Waals surface area contributed by atoms with Crippen LogP contribution in [0.5, 0.6) is 0 Å². The molecule has 0 spiro atoms. The summed E-state index contributed by atoms with van der Waals surface area (Å²) in [4.78, 5) is 29.4. The van der Waals surface area contributed by atoms with E-state index in [2.05, 4.69) is 23.2 Å². The minimum absolute atomic E-state index is 0.0639. The van der Waals surface area contributed by atoms with Gasteiger partial charge in [-0.2, -0.15) is 13.2 Å². The van der Waals surface area contributed by atoms with E-state index in [1.807, 2.05) is 6.08 Å². The second-order valence-corrected chi connectivity index (χ2v) is 8.25. The number of Topliss-reactive ketones (excluding diaryl/α,β-unsaturated/α-hetero) is 1. The molecule has 0 N–H and O–H groups in total. The molecule has 0 amide bonds. The van der Waals surface area contributed by atoms with Crippen molar-refractivity contribution in [3.8, 4) is 0 Å². The van der Waals surface area contributed by atoms with Crippen LogP contribution in [0.15, 0.2) is 42.5 Å². The molecule has 0 aromatic carbocycles. The van der Waals surface area contributed by atoms with Gasteiger partial charge in [0.2, 0.25) is 0 Å². The summed E-state index contributed by atoms with van der Waals surface area (Å²) in [7, 11) is 0. The van der Waals surface area contributed by atoms with Crippen LogP contribution in [0.4, 0.5) is 13.2 Å². The number of pyridine rings is 1. The molecule has 2 atom stereocenters. The summed E-state index contributed by atoms with van der Waals surface area (Å²) in [6.07, 6.45) is 7.88. The summed E-state index contributed by atoms with van der Waals surface area (Å²) in [6, 6.07) is 3.53. The van der Waals surface area contributed by atoms with E-state index in [1.165, 1.54) is 12.1 Å². The first-order chi connectivity index (χ1) is 14.8. The van der Waals surface area contributed by atoms with E-state index in [0.717, 1.165) is 25.3 Å². The first kappa shape index (κ1) is 23.2. The van der Waals surface area contributed by atoms with Crippen LogP contribution in [0.1, 0.15) is 50.4 Å². The third-order valence-electron chi connectivity index (χ3n) is 6.22. The third kappa shape index (κ3) is 6.05. The molecule has 1 aromatic heterocycles. The Morgan fingerprint density at radius 1 is 1.16 bits per heavy atom. The molecule has 31 heavy (non-hydrogen) atoms. The monoisotopic (exact) mass is 435 g/mol. The minimum Gasteiger partial charge on any atom is -0.465 e. The molecular weight excluding hydrogens is 407 g/mol. The molecule has 0 saturated heterocycles. The van der Waals surface area contributed by atoms with Gasteiger partial charge in [-0.3, -0.25) is 9.59 Å². The van der Waals surface area contributed by atoms with Crippen molar-refractivity contribution in [3.05, 3.63) is 53.9 Å². The van der Waals surface area contributed by atoms with Crippen LogP contribution < -0.4 is 0 Å². The number of hydrogen-bond acceptors (Lipinski definition) is 4. The zero-order chi connectivity index (χ0) is 22.4. The fourth-order valence-corrected chi connectivity index (χ4v) is 4.57. The molecule has 1 saturated carbocycles. The molecule has 7 heteroatoms. The number of ketones is 1. The molecule has 0 radical (unpaired) electrons. The molecule has 0 bridgehead atoms. The summed E-state index contributed by atoms with van der Waals surface area (Å²) < 4.78 is 44.1. The van der Waals surface area contributed by atoms with E-state index in [9.17, 15) is 22.8 Å². The quantitative estimate of drug-likeness (QED) is 0.429. The van der Waals surface area contributed by atoms with Crippen molar-refractivity contribution in [2.45, 2.75) is 51.6 Å². The van der Waals surface area contributed by atoms with E-state index in [-0.39, 0.29) is 30.4 Å². The molecular formula is C24H28F3NO3. The third-order valence-corrected chi connectivity index (χ3v) is 6.22. The number of carbonyl (C=O) groups is 2. The zero-order valence-corrected chi connectivity index (χ0v) is 17.6. The van der Waals surface area contributed by atoms with Crippen LogP contribution in [-0.4, -0.2) is 23.3 Å². The highest BCUT2D eigenvalue weighted by Gasteiger charge is 2.38. The van der Waals surface area contributed by atoms with Crippen LogP contribution in [0.3, 0.4) is 0 Å². The summed E-state index contributed by atoms with van der Waals surface area (Å²) in [5.41, 5.74) is -0.968. The number of hydrogen-bond donors (Lipinski definition) is 0. The fraction of sp³-hybridized carbons (Fsp3) is 0.542. The highest BCUT2D eigenvalue weighted by Crippen LogP contribution is 2.38. The molecule has 2 unspecified atom stereocenters. The Hall–Kier alpha value is -2.44. The SMILES string of the molecule is CCOC(=O)C(Cc1cccc(C(F)(F)F)n1)C(=O)C1CCC(C2C=CC=CC2)CC1. The van der Waals surface area contributed by atoms with E-state index >= 15 is 0 Å². The maximum atomic E-state index is 13.2. The summed E-state index contributed by atoms with van der Waals surface area (Å²) >= 11 is 0. The zero-order valence-electron chi connectivity index (χ0n) is 17.6. The summed E-state index contributed by atoms with van der Waals surface area (Å²) in [5, 5.41) is 0. The number of alkyl halides is 3. The average molecular weight is 435 g/mol. The Balaban J connectivity index is 1.69. The number of nitrogens with zero attached hydrogens (tertiary/aromatic N) is 1. The molecule has 1 fully saturated rings. The molecule has 4 nitrogen and oxygen atoms in total. The highest BCUT2D eigenvalue weighted by atomic mass is 19.4. The average Bonchev–Trinajstić information content (AvgIpc) is 2.77. The van der Waals surface area contributed by atoms with Gasteiger partial charge in [-0.1, -0.05) is 30.4 Å². The number of halogens is 3. The maximum Gasteiger partial charge on any atom is 0.433 e. The van der Waals surface area contributed by atoms with Crippen LogP contribution in [-0.2, 0) is 26.9 Å². The molecule has 1 aromatic rings. The molecule has 2 aliphatic rings. The highest BCUT2D eigenvalue weighted by molar-refractivity contribution is 6.00. The van der Waals surface area contributed by atoms with Crippen LogP contribution >= 0.6 is 0 Å². The summed E-state index contributed by atoms with van der Waals surface area (Å²) in [5.74, 6) is -1.34. The van der Waals surface area contributed by atoms with Crippen molar-refractivity contribution in [1.29, 1.82) is 0 Å². The topological polar surface area (TPSA) is 56.3 Å². The number of rotatable bonds is 7. The van der Waals surface area contributed by atoms with Crippen molar-refractivity contribution in [1.82, 2.24) is 4.98 Å². The number of allylic oxidation sites excluding steroid dienone is 4. The predicted molar refractivity (Wildman–Crippen MR) is 110 cm³/mol. The van der Waals surface area contributed by atoms with Gasteiger partial charge in [-0.15, -0.1) is 0 Å². The van der Waals surface area contributed by atoms with Gasteiger partial charge in [0, 0.05) is 18.0 Å². The lowest BCUT2D eigenvalue weighted by Crippen LogP contribution is -2.35. The Morgan fingerprint density at radius 3 is 2.52 bits per heavy atom. The van der Waals surface area contributed by atoms with Gasteiger partial charge in [-0.05, 0) is 63.0 Å². The largest absolute Gasteiger partial charge is 0.465 e. The van der Waals surface area contributed by atoms with E-state index < -0.39 is 23.8 Å². The lowest BCUT2D eigenvalue weighted by atomic mass is 9.71. The molecule has 3 rings (SSSR count). The van der Waals surface area contributed by atoms with Crippen molar-refractivity contribution >= 4 is 11.8 Å². The van der Waals surface area contributed by atoms with Gasteiger partial charge in [0.25, 0.3) is 0 Å². The number of carbonyl (C=O) groups excluding carboxylic acids is 2. The number of ether oxygens (including phenoxy) is 1. The fourth-order valence-electron chi connectivity index (χ4n) is 4.57. The smallest absolute Gasteiger partial charge is 0.433 e. The van der Waals surface area contributed by atoms with E-state index in [4.69, 9.17) is 4.74 Å². The Bertz CT molecular complexity index is 839. The molecule has 168 valence electrons. The second-order valence-electron chi connectivity index (χ2n) is 8.25. The van der Waals surface area contributed by atoms with Crippen LogP contribution in [0.2, 0.25) is 0 Å². The molecule has 2 aliphatic carbocycles. The lowest BCUT2D eigenvalue weighted by Gasteiger charge is -2.33. The first-order valence-electron chi connectivity index (χ1n) is 10.9. The number of aromatic nitrogens is 1. The van der Waals surface area contributed by atoms with Gasteiger partial charge in [0.15, 0.2) is 5.78 Å². The lowest BCUT2D eigenvalue weighted by molar-refractivity contribution is -0.153. The van der Waals surface area contributed by atoms with Gasteiger partial charge in [-0.25, -0.2) is 4.98 Å². The molecule has 1 heterocycles. The van der Waals surface area contributed by atoms with Crippen molar-refractivity contribution in [3.63, 3.8) is 0 Å². The van der Waals surface area contributed by atoms with Gasteiger partial charge < -0.3 is 4.74 Å². The Morgan fingerprint density at radius 2 is 1.90 bits per heavy atom. The van der Waals surface area contributed by atoms with Gasteiger partial charge >= 0.3 is 12.1 Å². The maximum absolute atomic E-state index is 13.2. The van der Waals surface area contributed by atoms with E-state index in [1.54, 1.807) is 6.92 Å². The normalized spacial score (nSPS) is 24.6. The van der Waals surface area contributed by atoms with Crippen molar-refractivity contribution in [2.75, 3.05) is 6.61 Å². The van der Waals surface area contributed by atoms with Crippen molar-refractivity contribution < 1.29 is 27.5 Å². The second kappa shape index (κ2) is 10.2. The Labute approximate surface area is 180 Å².